The Morgan fingerprint density at radius 1 is 1.40 bits per heavy atom. The Balaban J connectivity index is 2.00. The first-order valence-corrected chi connectivity index (χ1v) is 7.16. The monoisotopic (exact) mass is 280 g/mol. The van der Waals surface area contributed by atoms with E-state index in [4.69, 9.17) is 10.3 Å². The third-order valence-corrected chi connectivity index (χ3v) is 3.95. The molecule has 1 aliphatic heterocycles. The van der Waals surface area contributed by atoms with Gasteiger partial charge in [0.25, 0.3) is 0 Å². The molecular weight excluding hydrogens is 256 g/mol. The second-order valence-electron chi connectivity index (χ2n) is 6.59. The van der Waals surface area contributed by atoms with Gasteiger partial charge in [0.05, 0.1) is 6.04 Å². The molecule has 1 amide bonds. The lowest BCUT2D eigenvalue weighted by atomic mass is 9.95. The molecule has 0 spiro atoms. The average molecular weight is 280 g/mol. The number of amides is 1. The van der Waals surface area contributed by atoms with E-state index >= 15 is 0 Å². The number of hydrogen-bond donors (Lipinski definition) is 1. The molecule has 2 heterocycles. The van der Waals surface area contributed by atoms with Crippen molar-refractivity contribution in [3.05, 3.63) is 11.7 Å². The summed E-state index contributed by atoms with van der Waals surface area (Å²) in [5.74, 6) is 1.19. The first kappa shape index (κ1) is 15.0. The molecule has 0 saturated carbocycles. The summed E-state index contributed by atoms with van der Waals surface area (Å²) in [4.78, 5) is 17.9. The highest BCUT2D eigenvalue weighted by Gasteiger charge is 2.30. The van der Waals surface area contributed by atoms with E-state index < -0.39 is 0 Å². The summed E-state index contributed by atoms with van der Waals surface area (Å²) in [6.45, 7) is 9.91. The van der Waals surface area contributed by atoms with Gasteiger partial charge in [-0.05, 0) is 32.9 Å². The van der Waals surface area contributed by atoms with Crippen molar-refractivity contribution in [2.24, 2.45) is 11.7 Å². The number of piperidine rings is 1. The van der Waals surface area contributed by atoms with Crippen molar-refractivity contribution in [3.8, 4) is 0 Å². The summed E-state index contributed by atoms with van der Waals surface area (Å²) < 4.78 is 5.39. The van der Waals surface area contributed by atoms with Crippen molar-refractivity contribution < 1.29 is 9.32 Å². The normalized spacial score (nSPS) is 20.0. The number of nitrogens with two attached hydrogens (primary N) is 1. The Hall–Kier alpha value is -1.43. The van der Waals surface area contributed by atoms with Crippen LogP contribution in [0, 0.1) is 5.92 Å². The molecule has 1 unspecified atom stereocenters. The number of aromatic nitrogens is 2. The zero-order valence-electron chi connectivity index (χ0n) is 12.7. The predicted octanol–water partition coefficient (Wildman–Crippen LogP) is 1.63. The fraction of sp³-hybridized carbons (Fsp3) is 0.786. The highest BCUT2D eigenvalue weighted by molar-refractivity contribution is 5.76. The summed E-state index contributed by atoms with van der Waals surface area (Å²) in [5.41, 5.74) is 5.24. The van der Waals surface area contributed by atoms with Gasteiger partial charge in [0.1, 0.15) is 0 Å². The molecule has 1 aromatic rings. The van der Waals surface area contributed by atoms with Crippen LogP contribution in [0.25, 0.3) is 0 Å². The van der Waals surface area contributed by atoms with Gasteiger partial charge in [0, 0.05) is 11.3 Å². The molecule has 0 aromatic carbocycles. The second-order valence-corrected chi connectivity index (χ2v) is 6.59. The summed E-state index contributed by atoms with van der Waals surface area (Å²) in [7, 11) is 0. The van der Waals surface area contributed by atoms with Crippen LogP contribution in [0.1, 0.15) is 58.3 Å². The highest BCUT2D eigenvalue weighted by Crippen LogP contribution is 2.27. The van der Waals surface area contributed by atoms with Crippen LogP contribution in [0.15, 0.2) is 4.52 Å². The zero-order chi connectivity index (χ0) is 14.9. The van der Waals surface area contributed by atoms with Gasteiger partial charge in [0.15, 0.2) is 5.82 Å². The lowest BCUT2D eigenvalue weighted by Gasteiger charge is -2.33. The lowest BCUT2D eigenvalue weighted by Crippen LogP contribution is -2.39. The van der Waals surface area contributed by atoms with Gasteiger partial charge in [-0.25, -0.2) is 0 Å². The summed E-state index contributed by atoms with van der Waals surface area (Å²) in [6.07, 6.45) is 1.61. The van der Waals surface area contributed by atoms with Gasteiger partial charge in [-0.1, -0.05) is 25.9 Å². The van der Waals surface area contributed by atoms with Crippen LogP contribution in [0.2, 0.25) is 0 Å². The smallest absolute Gasteiger partial charge is 0.243 e. The number of likely N-dealkylation sites (tertiary alicyclic amines) is 1. The molecule has 2 N–H and O–H groups in total. The van der Waals surface area contributed by atoms with Crippen LogP contribution in [0.5, 0.6) is 0 Å². The highest BCUT2D eigenvalue weighted by atomic mass is 16.5. The van der Waals surface area contributed by atoms with Crippen molar-refractivity contribution >= 4 is 5.91 Å². The molecule has 1 atom stereocenters. The van der Waals surface area contributed by atoms with Crippen LogP contribution in [0.4, 0.5) is 0 Å². The first-order chi connectivity index (χ1) is 9.29. The van der Waals surface area contributed by atoms with E-state index in [0.29, 0.717) is 5.89 Å². The number of nitrogens with zero attached hydrogens (tertiary/aromatic N) is 3. The van der Waals surface area contributed by atoms with Crippen molar-refractivity contribution in [2.45, 2.75) is 52.0 Å². The Bertz CT molecular complexity index is 470. The van der Waals surface area contributed by atoms with Gasteiger partial charge in [0.2, 0.25) is 11.8 Å². The van der Waals surface area contributed by atoms with Gasteiger partial charge in [-0.2, -0.15) is 4.98 Å². The molecule has 1 fully saturated rings. The molecule has 112 valence electrons. The summed E-state index contributed by atoms with van der Waals surface area (Å²) >= 11 is 0. The van der Waals surface area contributed by atoms with Crippen LogP contribution in [-0.4, -0.2) is 34.0 Å². The molecule has 0 radical (unpaired) electrons. The molecule has 6 nitrogen and oxygen atoms in total. The van der Waals surface area contributed by atoms with Crippen molar-refractivity contribution in [1.82, 2.24) is 15.0 Å². The van der Waals surface area contributed by atoms with E-state index in [0.717, 1.165) is 31.8 Å². The minimum atomic E-state index is -0.190. The van der Waals surface area contributed by atoms with E-state index in [1.807, 2.05) is 0 Å². The number of primary amides is 1. The zero-order valence-corrected chi connectivity index (χ0v) is 12.7. The van der Waals surface area contributed by atoms with Gasteiger partial charge < -0.3 is 10.3 Å². The van der Waals surface area contributed by atoms with E-state index in [2.05, 4.69) is 42.7 Å². The Morgan fingerprint density at radius 2 is 2.00 bits per heavy atom. The van der Waals surface area contributed by atoms with Crippen molar-refractivity contribution in [2.75, 3.05) is 13.1 Å². The maximum atomic E-state index is 11.2. The minimum Gasteiger partial charge on any atom is -0.369 e. The van der Waals surface area contributed by atoms with Gasteiger partial charge >= 0.3 is 0 Å². The maximum absolute atomic E-state index is 11.2. The third kappa shape index (κ3) is 3.17. The number of rotatable bonds is 3. The quantitative estimate of drug-likeness (QED) is 0.909. The second kappa shape index (κ2) is 5.52. The number of hydrogen-bond acceptors (Lipinski definition) is 5. The molecule has 0 bridgehead atoms. The Labute approximate surface area is 119 Å². The lowest BCUT2D eigenvalue weighted by molar-refractivity contribution is -0.123. The van der Waals surface area contributed by atoms with Crippen LogP contribution in [-0.2, 0) is 10.2 Å². The predicted molar refractivity (Wildman–Crippen MR) is 74.9 cm³/mol. The molecule has 6 heteroatoms. The van der Waals surface area contributed by atoms with E-state index in [-0.39, 0.29) is 23.3 Å². The standard InChI is InChI=1S/C14H24N4O2/c1-9(12-16-13(17-20-12)14(2,3)4)18-7-5-10(6-8-18)11(15)19/h9-10H,5-8H2,1-4H3,(H2,15,19). The van der Waals surface area contributed by atoms with E-state index in [1.54, 1.807) is 0 Å². The fourth-order valence-corrected chi connectivity index (χ4v) is 2.44. The Kier molecular flexibility index (Phi) is 4.13. The molecule has 2 rings (SSSR count). The van der Waals surface area contributed by atoms with E-state index in [9.17, 15) is 4.79 Å². The number of carbonyl (C=O) groups excluding carboxylic acids is 1. The molecule has 20 heavy (non-hydrogen) atoms. The SMILES string of the molecule is CC(c1nc(C(C)(C)C)no1)N1CCC(C(N)=O)CC1. The van der Waals surface area contributed by atoms with Crippen LogP contribution >= 0.6 is 0 Å². The molecule has 1 aromatic heterocycles. The van der Waals surface area contributed by atoms with Crippen molar-refractivity contribution in [1.29, 1.82) is 0 Å². The average Bonchev–Trinajstić information content (AvgIpc) is 2.87. The molecular formula is C14H24N4O2. The fourth-order valence-electron chi connectivity index (χ4n) is 2.44. The maximum Gasteiger partial charge on any atom is 0.243 e. The molecule has 1 aliphatic rings. The largest absolute Gasteiger partial charge is 0.369 e. The van der Waals surface area contributed by atoms with Gasteiger partial charge in [-0.15, -0.1) is 0 Å². The van der Waals surface area contributed by atoms with E-state index in [1.165, 1.54) is 0 Å². The van der Waals surface area contributed by atoms with Gasteiger partial charge in [-0.3, -0.25) is 9.69 Å². The topological polar surface area (TPSA) is 85.2 Å². The summed E-state index contributed by atoms with van der Waals surface area (Å²) in [6, 6.07) is 0.0763. The van der Waals surface area contributed by atoms with Crippen molar-refractivity contribution in [3.63, 3.8) is 0 Å². The summed E-state index contributed by atoms with van der Waals surface area (Å²) in [5, 5.41) is 4.06. The first-order valence-electron chi connectivity index (χ1n) is 7.16. The van der Waals surface area contributed by atoms with Crippen LogP contribution < -0.4 is 5.73 Å². The Morgan fingerprint density at radius 3 is 2.45 bits per heavy atom. The molecule has 0 aliphatic carbocycles. The minimum absolute atomic E-state index is 0.00581. The van der Waals surface area contributed by atoms with Crippen LogP contribution in [0.3, 0.4) is 0 Å². The number of carbonyl (C=O) groups is 1. The third-order valence-electron chi connectivity index (χ3n) is 3.95. The molecule has 1 saturated heterocycles.